The number of hydrogen-bond donors (Lipinski definition) is 1. The Morgan fingerprint density at radius 1 is 0.968 bits per heavy atom. The van der Waals surface area contributed by atoms with Gasteiger partial charge in [0, 0.05) is 18.6 Å². The smallest absolute Gasteiger partial charge is 0.259 e. The highest BCUT2D eigenvalue weighted by atomic mass is 35.5. The summed E-state index contributed by atoms with van der Waals surface area (Å²) in [7, 11) is 0. The van der Waals surface area contributed by atoms with E-state index in [0.717, 1.165) is 24.8 Å². The first-order valence-electron chi connectivity index (χ1n) is 9.74. The zero-order valence-electron chi connectivity index (χ0n) is 17.1. The second-order valence-corrected chi connectivity index (χ2v) is 6.80. The van der Waals surface area contributed by atoms with E-state index in [-0.39, 0.29) is 30.4 Å². The van der Waals surface area contributed by atoms with Gasteiger partial charge in [-0.3, -0.25) is 14.8 Å². The Kier molecular flexibility index (Phi) is 8.97. The Morgan fingerprint density at radius 2 is 1.74 bits per heavy atom. The van der Waals surface area contributed by atoms with E-state index >= 15 is 0 Å². The Bertz CT molecular complexity index is 1180. The summed E-state index contributed by atoms with van der Waals surface area (Å²) in [6.45, 7) is 2.65. The molecule has 6 nitrogen and oxygen atoms in total. The summed E-state index contributed by atoms with van der Waals surface area (Å²) >= 11 is 0. The van der Waals surface area contributed by atoms with Crippen LogP contribution in [0.4, 0.5) is 0 Å². The molecule has 8 heteroatoms. The Hall–Kier alpha value is -2.96. The molecule has 0 bridgehead atoms. The van der Waals surface area contributed by atoms with Crippen molar-refractivity contribution in [2.75, 3.05) is 6.61 Å². The molecule has 0 atom stereocenters. The fourth-order valence-electron chi connectivity index (χ4n) is 3.17. The lowest BCUT2D eigenvalue weighted by molar-refractivity contribution is 0.311. The number of pyridine rings is 2. The Morgan fingerprint density at radius 3 is 2.52 bits per heavy atom. The highest BCUT2D eigenvalue weighted by molar-refractivity contribution is 5.85. The van der Waals surface area contributed by atoms with E-state index in [1.165, 1.54) is 5.56 Å². The summed E-state index contributed by atoms with van der Waals surface area (Å²) in [5.41, 5.74) is 3.47. The van der Waals surface area contributed by atoms with Gasteiger partial charge in [0.05, 0.1) is 17.5 Å². The number of aromatic nitrogens is 4. The van der Waals surface area contributed by atoms with Crippen molar-refractivity contribution in [3.63, 3.8) is 0 Å². The number of aryl methyl sites for hydroxylation is 2. The van der Waals surface area contributed by atoms with Crippen molar-refractivity contribution in [1.29, 1.82) is 0 Å². The van der Waals surface area contributed by atoms with Crippen molar-refractivity contribution in [3.8, 4) is 17.3 Å². The van der Waals surface area contributed by atoms with Gasteiger partial charge in [0.1, 0.15) is 11.4 Å². The molecule has 0 saturated heterocycles. The Labute approximate surface area is 193 Å². The molecule has 0 aliphatic rings. The minimum absolute atomic E-state index is 0. The molecule has 3 heterocycles. The van der Waals surface area contributed by atoms with E-state index in [0.29, 0.717) is 34.8 Å². The summed E-state index contributed by atoms with van der Waals surface area (Å²) in [5.74, 6) is 1.14. The largest absolute Gasteiger partial charge is 0.494 e. The molecule has 1 aromatic carbocycles. The van der Waals surface area contributed by atoms with Crippen LogP contribution in [0.5, 0.6) is 5.75 Å². The molecule has 0 saturated carbocycles. The minimum Gasteiger partial charge on any atom is -0.494 e. The van der Waals surface area contributed by atoms with Gasteiger partial charge in [-0.05, 0) is 72.9 Å². The number of fused-ring (bicyclic) bond motifs is 1. The van der Waals surface area contributed by atoms with E-state index in [1.807, 2.05) is 36.4 Å². The number of nitrogens with one attached hydrogen (secondary N) is 1. The second-order valence-electron chi connectivity index (χ2n) is 6.80. The molecule has 4 rings (SSSR count). The molecule has 0 amide bonds. The monoisotopic (exact) mass is 458 g/mol. The molecule has 4 aromatic rings. The predicted octanol–water partition coefficient (Wildman–Crippen LogP) is 4.80. The van der Waals surface area contributed by atoms with Gasteiger partial charge >= 0.3 is 0 Å². The van der Waals surface area contributed by atoms with Crippen LogP contribution in [0, 0.1) is 0 Å². The maximum Gasteiger partial charge on any atom is 0.259 e. The molecule has 0 aliphatic heterocycles. The maximum absolute atomic E-state index is 12.6. The number of aromatic amines is 1. The maximum atomic E-state index is 12.6. The lowest BCUT2D eigenvalue weighted by atomic mass is 10.1. The number of H-pyrrole nitrogens is 1. The topological polar surface area (TPSA) is 80.8 Å². The quantitative estimate of drug-likeness (QED) is 0.402. The van der Waals surface area contributed by atoms with Crippen LogP contribution in [0.3, 0.4) is 0 Å². The number of ether oxygens (including phenoxy) is 1. The first-order valence-corrected chi connectivity index (χ1v) is 9.74. The van der Waals surface area contributed by atoms with Crippen LogP contribution < -0.4 is 10.3 Å². The van der Waals surface area contributed by atoms with Gasteiger partial charge in [-0.2, -0.15) is 0 Å². The third-order valence-electron chi connectivity index (χ3n) is 4.78. The van der Waals surface area contributed by atoms with Crippen LogP contribution in [-0.4, -0.2) is 26.5 Å². The second kappa shape index (κ2) is 11.4. The SMILES string of the molecule is CCc1ccnc(-c2nc3ccc(OCCCc4ccncc4)cc3c(=O)[nH]2)c1.Cl.Cl. The highest BCUT2D eigenvalue weighted by Crippen LogP contribution is 2.20. The molecule has 0 spiro atoms. The Balaban J connectivity index is 0.00000171. The molecule has 162 valence electrons. The summed E-state index contributed by atoms with van der Waals surface area (Å²) in [6.07, 6.45) is 8.03. The van der Waals surface area contributed by atoms with Crippen LogP contribution in [0.1, 0.15) is 24.5 Å². The molecule has 3 aromatic heterocycles. The van der Waals surface area contributed by atoms with Crippen molar-refractivity contribution < 1.29 is 4.74 Å². The van der Waals surface area contributed by atoms with Gasteiger partial charge < -0.3 is 9.72 Å². The van der Waals surface area contributed by atoms with Crippen molar-refractivity contribution in [1.82, 2.24) is 19.9 Å². The summed E-state index contributed by atoms with van der Waals surface area (Å²) in [5, 5.41) is 0.507. The number of rotatable bonds is 7. The van der Waals surface area contributed by atoms with E-state index < -0.39 is 0 Å². The lowest BCUT2D eigenvalue weighted by Crippen LogP contribution is -2.10. The third-order valence-corrected chi connectivity index (χ3v) is 4.78. The van der Waals surface area contributed by atoms with Crippen molar-refractivity contribution in [2.45, 2.75) is 26.2 Å². The van der Waals surface area contributed by atoms with Gasteiger partial charge in [-0.1, -0.05) is 6.92 Å². The van der Waals surface area contributed by atoms with Gasteiger partial charge in [0.25, 0.3) is 5.56 Å². The van der Waals surface area contributed by atoms with Gasteiger partial charge in [-0.15, -0.1) is 24.8 Å². The molecule has 1 N–H and O–H groups in total. The van der Waals surface area contributed by atoms with Crippen molar-refractivity contribution in [2.24, 2.45) is 0 Å². The summed E-state index contributed by atoms with van der Waals surface area (Å²) in [6, 6.07) is 13.3. The summed E-state index contributed by atoms with van der Waals surface area (Å²) < 4.78 is 5.83. The number of nitrogens with zero attached hydrogens (tertiary/aromatic N) is 3. The van der Waals surface area contributed by atoms with Crippen LogP contribution in [0.15, 0.2) is 65.8 Å². The van der Waals surface area contributed by atoms with Gasteiger partial charge in [0.15, 0.2) is 5.82 Å². The standard InChI is InChI=1S/C23H22N4O2.2ClH/c1-2-16-9-12-25-21(14-16)22-26-20-6-5-18(15-19(20)23(28)27-22)29-13-3-4-17-7-10-24-11-8-17;;/h5-12,14-15H,2-4,13H2,1H3,(H,26,27,28);2*1H. The normalized spacial score (nSPS) is 10.2. The first-order chi connectivity index (χ1) is 14.2. The van der Waals surface area contributed by atoms with Crippen LogP contribution in [0.2, 0.25) is 0 Å². The molecular formula is C23H24Cl2N4O2. The lowest BCUT2D eigenvalue weighted by Gasteiger charge is -2.08. The summed E-state index contributed by atoms with van der Waals surface area (Å²) in [4.78, 5) is 28.4. The fourth-order valence-corrected chi connectivity index (χ4v) is 3.17. The van der Waals surface area contributed by atoms with Crippen LogP contribution in [-0.2, 0) is 12.8 Å². The van der Waals surface area contributed by atoms with E-state index in [9.17, 15) is 4.79 Å². The zero-order valence-corrected chi connectivity index (χ0v) is 18.7. The molecular weight excluding hydrogens is 435 g/mol. The number of hydrogen-bond acceptors (Lipinski definition) is 5. The van der Waals surface area contributed by atoms with Crippen molar-refractivity contribution in [3.05, 3.63) is 82.5 Å². The fraction of sp³-hybridized carbons (Fsp3) is 0.217. The van der Waals surface area contributed by atoms with Crippen LogP contribution in [0.25, 0.3) is 22.4 Å². The predicted molar refractivity (Wildman–Crippen MR) is 128 cm³/mol. The first kappa shape index (κ1) is 24.3. The zero-order chi connectivity index (χ0) is 20.1. The molecule has 0 radical (unpaired) electrons. The number of benzene rings is 1. The molecule has 31 heavy (non-hydrogen) atoms. The molecule has 0 fully saturated rings. The average Bonchev–Trinajstić information content (AvgIpc) is 2.77. The van der Waals surface area contributed by atoms with Crippen LogP contribution >= 0.6 is 24.8 Å². The van der Waals surface area contributed by atoms with E-state index in [4.69, 9.17) is 4.74 Å². The minimum atomic E-state index is -0.198. The molecule has 0 unspecified atom stereocenters. The third kappa shape index (κ3) is 6.03. The van der Waals surface area contributed by atoms with Gasteiger partial charge in [0.2, 0.25) is 0 Å². The molecule has 0 aliphatic carbocycles. The average molecular weight is 459 g/mol. The van der Waals surface area contributed by atoms with E-state index in [1.54, 1.807) is 24.7 Å². The highest BCUT2D eigenvalue weighted by Gasteiger charge is 2.09. The van der Waals surface area contributed by atoms with Gasteiger partial charge in [-0.25, -0.2) is 4.98 Å². The van der Waals surface area contributed by atoms with Crippen molar-refractivity contribution >= 4 is 35.7 Å². The number of halogens is 2. The van der Waals surface area contributed by atoms with E-state index in [2.05, 4.69) is 26.9 Å².